The summed E-state index contributed by atoms with van der Waals surface area (Å²) >= 11 is 0. The normalized spacial score (nSPS) is 16.2. The Morgan fingerprint density at radius 3 is 2.47 bits per heavy atom. The van der Waals surface area contributed by atoms with Crippen molar-refractivity contribution >= 4 is 17.9 Å². The number of ether oxygens (including phenoxy) is 2. The second-order valence-electron chi connectivity index (χ2n) is 7.31. The zero-order valence-corrected chi connectivity index (χ0v) is 18.1. The van der Waals surface area contributed by atoms with Crippen LogP contribution in [-0.4, -0.2) is 62.7 Å². The van der Waals surface area contributed by atoms with Gasteiger partial charge in [0.25, 0.3) is 0 Å². The van der Waals surface area contributed by atoms with E-state index in [1.54, 1.807) is 50.2 Å². The minimum Gasteiger partial charge on any atom is -0.497 e. The second-order valence-corrected chi connectivity index (χ2v) is 7.31. The summed E-state index contributed by atoms with van der Waals surface area (Å²) in [7, 11) is 3.31. The second kappa shape index (κ2) is 10.6. The summed E-state index contributed by atoms with van der Waals surface area (Å²) in [6, 6.07) is 5.99. The van der Waals surface area contributed by atoms with Crippen molar-refractivity contribution in [2.24, 2.45) is 0 Å². The number of benzene rings is 1. The molecule has 1 aromatic carbocycles. The van der Waals surface area contributed by atoms with Gasteiger partial charge in [0.05, 0.1) is 31.9 Å². The van der Waals surface area contributed by atoms with Crippen LogP contribution in [0.25, 0.3) is 0 Å². The molecule has 0 radical (unpaired) electrons. The lowest BCUT2D eigenvalue weighted by atomic mass is 9.95. The molecule has 0 unspecified atom stereocenters. The smallest absolute Gasteiger partial charge is 0.338 e. The largest absolute Gasteiger partial charge is 0.497 e. The molecule has 1 aromatic rings. The number of esters is 1. The number of nitrogens with one attached hydrogen (secondary N) is 3. The molecule has 0 fully saturated rings. The monoisotopic (exact) mass is 418 g/mol. The Labute approximate surface area is 176 Å². The van der Waals surface area contributed by atoms with Crippen molar-refractivity contribution in [3.63, 3.8) is 0 Å². The first-order chi connectivity index (χ1) is 14.2. The average molecular weight is 418 g/mol. The summed E-state index contributed by atoms with van der Waals surface area (Å²) in [5.41, 5.74) is 1.42. The number of urea groups is 1. The SMILES string of the molecule is CCOC(=O)C1=C(CN(C)CC(=O)NC(C)C)NC(=O)N[C@@H]1c1ccc(OC)cc1. The first-order valence-corrected chi connectivity index (χ1v) is 9.84. The van der Waals surface area contributed by atoms with Crippen LogP contribution < -0.4 is 20.7 Å². The van der Waals surface area contributed by atoms with E-state index in [4.69, 9.17) is 9.47 Å². The van der Waals surface area contributed by atoms with Gasteiger partial charge in [0, 0.05) is 18.3 Å². The first-order valence-electron chi connectivity index (χ1n) is 9.84. The lowest BCUT2D eigenvalue weighted by molar-refractivity contribution is -0.139. The number of hydrogen-bond donors (Lipinski definition) is 3. The van der Waals surface area contributed by atoms with Crippen molar-refractivity contribution < 1.29 is 23.9 Å². The lowest BCUT2D eigenvalue weighted by Crippen LogP contribution is -2.49. The summed E-state index contributed by atoms with van der Waals surface area (Å²) in [6.45, 7) is 5.99. The van der Waals surface area contributed by atoms with E-state index in [0.29, 0.717) is 22.6 Å². The molecule has 164 valence electrons. The van der Waals surface area contributed by atoms with Crippen molar-refractivity contribution in [3.8, 4) is 5.75 Å². The number of hydrogen-bond acceptors (Lipinski definition) is 6. The number of rotatable bonds is 9. The van der Waals surface area contributed by atoms with Crippen LogP contribution in [0, 0.1) is 0 Å². The molecule has 9 nitrogen and oxygen atoms in total. The predicted molar refractivity (Wildman–Crippen MR) is 112 cm³/mol. The molecule has 1 aliphatic rings. The number of carbonyl (C=O) groups is 3. The van der Waals surface area contributed by atoms with Gasteiger partial charge in [-0.05, 0) is 45.5 Å². The number of carbonyl (C=O) groups excluding carboxylic acids is 3. The maximum Gasteiger partial charge on any atom is 0.338 e. The van der Waals surface area contributed by atoms with Gasteiger partial charge in [-0.25, -0.2) is 9.59 Å². The molecule has 0 saturated heterocycles. The van der Waals surface area contributed by atoms with Gasteiger partial charge >= 0.3 is 12.0 Å². The number of likely N-dealkylation sites (N-methyl/N-ethyl adjacent to an activating group) is 1. The van der Waals surface area contributed by atoms with Crippen molar-refractivity contribution in [3.05, 3.63) is 41.1 Å². The van der Waals surface area contributed by atoms with E-state index in [9.17, 15) is 14.4 Å². The van der Waals surface area contributed by atoms with Crippen molar-refractivity contribution in [2.75, 3.05) is 33.9 Å². The fourth-order valence-corrected chi connectivity index (χ4v) is 3.18. The van der Waals surface area contributed by atoms with Crippen LogP contribution in [-0.2, 0) is 14.3 Å². The summed E-state index contributed by atoms with van der Waals surface area (Å²) in [4.78, 5) is 38.9. The molecule has 2 rings (SSSR count). The molecule has 3 amide bonds. The number of amides is 3. The summed E-state index contributed by atoms with van der Waals surface area (Å²) in [5, 5.41) is 8.31. The summed E-state index contributed by atoms with van der Waals surface area (Å²) < 4.78 is 10.4. The van der Waals surface area contributed by atoms with Crippen LogP contribution in [0.5, 0.6) is 5.75 Å². The molecule has 0 aromatic heterocycles. The van der Waals surface area contributed by atoms with Crippen LogP contribution in [0.2, 0.25) is 0 Å². The molecule has 0 bridgehead atoms. The summed E-state index contributed by atoms with van der Waals surface area (Å²) in [5.74, 6) is -0.00426. The molecule has 9 heteroatoms. The van der Waals surface area contributed by atoms with Crippen molar-refractivity contribution in [2.45, 2.75) is 32.9 Å². The van der Waals surface area contributed by atoms with Gasteiger partial charge in [-0.2, -0.15) is 0 Å². The van der Waals surface area contributed by atoms with Crippen LogP contribution >= 0.6 is 0 Å². The molecule has 1 atom stereocenters. The Hall–Kier alpha value is -3.07. The van der Waals surface area contributed by atoms with Crippen LogP contribution in [0.3, 0.4) is 0 Å². The molecular weight excluding hydrogens is 388 g/mol. The van der Waals surface area contributed by atoms with E-state index in [2.05, 4.69) is 16.0 Å². The van der Waals surface area contributed by atoms with Gasteiger partial charge in [-0.3, -0.25) is 9.69 Å². The Balaban J connectivity index is 2.35. The van der Waals surface area contributed by atoms with Crippen molar-refractivity contribution in [1.29, 1.82) is 0 Å². The van der Waals surface area contributed by atoms with Crippen LogP contribution in [0.1, 0.15) is 32.4 Å². The molecule has 0 aliphatic carbocycles. The highest BCUT2D eigenvalue weighted by molar-refractivity contribution is 5.95. The zero-order valence-electron chi connectivity index (χ0n) is 18.1. The molecule has 0 saturated carbocycles. The molecule has 30 heavy (non-hydrogen) atoms. The van der Waals surface area contributed by atoms with E-state index in [0.717, 1.165) is 0 Å². The van der Waals surface area contributed by atoms with Gasteiger partial charge in [0.15, 0.2) is 0 Å². The van der Waals surface area contributed by atoms with Gasteiger partial charge in [0.1, 0.15) is 5.75 Å². The standard InChI is InChI=1S/C21H30N4O5/c1-6-30-20(27)18-16(11-25(4)12-17(26)22-13(2)3)23-21(28)24-19(18)14-7-9-15(29-5)10-8-14/h7-10,13,19H,6,11-12H2,1-5H3,(H,22,26)(H2,23,24,28)/t19-/m1/s1. The number of nitrogens with zero attached hydrogens (tertiary/aromatic N) is 1. The Morgan fingerprint density at radius 1 is 1.23 bits per heavy atom. The average Bonchev–Trinajstić information content (AvgIpc) is 2.66. The fourth-order valence-electron chi connectivity index (χ4n) is 3.18. The summed E-state index contributed by atoms with van der Waals surface area (Å²) in [6.07, 6.45) is 0. The molecule has 1 aliphatic heterocycles. The molecule has 3 N–H and O–H groups in total. The van der Waals surface area contributed by atoms with Crippen LogP contribution in [0.4, 0.5) is 4.79 Å². The molecule has 1 heterocycles. The molecular formula is C21H30N4O5. The predicted octanol–water partition coefficient (Wildman–Crippen LogP) is 1.32. The van der Waals surface area contributed by atoms with E-state index in [1.807, 2.05) is 13.8 Å². The molecule has 0 spiro atoms. The maximum atomic E-state index is 12.8. The Kier molecular flexibility index (Phi) is 8.23. The topological polar surface area (TPSA) is 109 Å². The van der Waals surface area contributed by atoms with E-state index >= 15 is 0 Å². The highest BCUT2D eigenvalue weighted by Gasteiger charge is 2.34. The fraction of sp³-hybridized carbons (Fsp3) is 0.476. The Morgan fingerprint density at radius 2 is 1.90 bits per heavy atom. The minimum atomic E-state index is -0.684. The van der Waals surface area contributed by atoms with E-state index in [-0.39, 0.29) is 31.6 Å². The third kappa shape index (κ3) is 6.21. The van der Waals surface area contributed by atoms with Gasteiger partial charge < -0.3 is 25.4 Å². The minimum absolute atomic E-state index is 0.0262. The first kappa shape index (κ1) is 23.2. The Bertz CT molecular complexity index is 804. The van der Waals surface area contributed by atoms with Gasteiger partial charge in [0.2, 0.25) is 5.91 Å². The highest BCUT2D eigenvalue weighted by Crippen LogP contribution is 2.29. The quantitative estimate of drug-likeness (QED) is 0.522. The van der Waals surface area contributed by atoms with E-state index in [1.165, 1.54) is 0 Å². The van der Waals surface area contributed by atoms with Crippen LogP contribution in [0.15, 0.2) is 35.5 Å². The highest BCUT2D eigenvalue weighted by atomic mass is 16.5. The van der Waals surface area contributed by atoms with Crippen molar-refractivity contribution in [1.82, 2.24) is 20.9 Å². The lowest BCUT2D eigenvalue weighted by Gasteiger charge is -2.31. The number of methoxy groups -OCH3 is 1. The van der Waals surface area contributed by atoms with E-state index < -0.39 is 18.0 Å². The third-order valence-corrected chi connectivity index (χ3v) is 4.39. The zero-order chi connectivity index (χ0) is 22.3. The third-order valence-electron chi connectivity index (χ3n) is 4.39. The van der Waals surface area contributed by atoms with Gasteiger partial charge in [-0.15, -0.1) is 0 Å². The maximum absolute atomic E-state index is 12.8. The van der Waals surface area contributed by atoms with Gasteiger partial charge in [-0.1, -0.05) is 12.1 Å².